The van der Waals surface area contributed by atoms with Crippen molar-refractivity contribution in [2.24, 2.45) is 5.10 Å². The minimum Gasteiger partial charge on any atom is -0.494 e. The van der Waals surface area contributed by atoms with Crippen molar-refractivity contribution in [2.75, 3.05) is 12.4 Å². The van der Waals surface area contributed by atoms with Gasteiger partial charge >= 0.3 is 0 Å². The van der Waals surface area contributed by atoms with Gasteiger partial charge in [-0.1, -0.05) is 72.4 Å². The molecule has 0 aliphatic heterocycles. The quantitative estimate of drug-likeness (QED) is 0.117. The number of aromatic nitrogens is 3. The highest BCUT2D eigenvalue weighted by molar-refractivity contribution is 7.99. The molecule has 4 aromatic carbocycles. The zero-order chi connectivity index (χ0) is 27.6. The van der Waals surface area contributed by atoms with Gasteiger partial charge in [0.2, 0.25) is 0 Å². The Bertz CT molecular complexity index is 1570. The first-order valence-corrected chi connectivity index (χ1v) is 13.7. The molecule has 5 aromatic rings. The van der Waals surface area contributed by atoms with Gasteiger partial charge < -0.3 is 9.47 Å². The van der Waals surface area contributed by atoms with Crippen LogP contribution in [0.2, 0.25) is 0 Å². The first-order valence-electron chi connectivity index (χ1n) is 12.7. The predicted molar refractivity (Wildman–Crippen MR) is 157 cm³/mol. The van der Waals surface area contributed by atoms with Crippen LogP contribution in [0.25, 0.3) is 17.1 Å². The van der Waals surface area contributed by atoms with E-state index in [0.717, 1.165) is 28.3 Å². The maximum Gasteiger partial charge on any atom is 0.250 e. The molecule has 8 nitrogen and oxygen atoms in total. The number of rotatable bonds is 11. The molecular formula is C31H27N5O3S. The van der Waals surface area contributed by atoms with Gasteiger partial charge in [-0.15, -0.1) is 10.2 Å². The van der Waals surface area contributed by atoms with Crippen LogP contribution < -0.4 is 14.9 Å². The van der Waals surface area contributed by atoms with E-state index in [1.54, 1.807) is 6.21 Å². The minimum atomic E-state index is -0.263. The molecule has 0 saturated heterocycles. The number of thioether (sulfide) groups is 1. The van der Waals surface area contributed by atoms with Crippen LogP contribution in [-0.2, 0) is 4.79 Å². The van der Waals surface area contributed by atoms with Crippen LogP contribution in [0.1, 0.15) is 12.5 Å². The molecule has 5 rings (SSSR count). The Labute approximate surface area is 236 Å². The third-order valence-electron chi connectivity index (χ3n) is 5.64. The number of carbonyl (C=O) groups excluding carboxylic acids is 1. The first kappa shape index (κ1) is 26.7. The number of carbonyl (C=O) groups is 1. The molecule has 9 heteroatoms. The van der Waals surface area contributed by atoms with Crippen LogP contribution in [0.3, 0.4) is 0 Å². The molecule has 1 heterocycles. The standard InChI is InChI=1S/C31H27N5O3S/c1-2-38-26-18-16-25(17-19-26)36-30(24-11-5-3-6-12-24)34-35-31(36)40-22-29(37)33-32-21-23-10-9-15-28(20-23)39-27-13-7-4-8-14-27/h3-21H,2,22H2,1H3,(H,33,37). The molecule has 1 amide bonds. The van der Waals surface area contributed by atoms with E-state index in [1.165, 1.54) is 11.8 Å². The van der Waals surface area contributed by atoms with E-state index in [9.17, 15) is 4.79 Å². The second kappa shape index (κ2) is 13.3. The van der Waals surface area contributed by atoms with Gasteiger partial charge in [-0.05, 0) is 61.0 Å². The van der Waals surface area contributed by atoms with Crippen LogP contribution in [0.4, 0.5) is 0 Å². The molecule has 0 bridgehead atoms. The normalized spacial score (nSPS) is 10.9. The van der Waals surface area contributed by atoms with Crippen LogP contribution in [0.5, 0.6) is 17.2 Å². The number of ether oxygens (including phenoxy) is 2. The molecule has 0 aliphatic rings. The summed E-state index contributed by atoms with van der Waals surface area (Å²) in [5.74, 6) is 2.74. The van der Waals surface area contributed by atoms with Gasteiger partial charge in [-0.2, -0.15) is 5.10 Å². The Morgan fingerprint density at radius 2 is 1.60 bits per heavy atom. The van der Waals surface area contributed by atoms with E-state index in [4.69, 9.17) is 9.47 Å². The molecule has 0 aliphatic carbocycles. The lowest BCUT2D eigenvalue weighted by molar-refractivity contribution is -0.118. The van der Waals surface area contributed by atoms with Crippen LogP contribution >= 0.6 is 11.8 Å². The molecule has 0 fully saturated rings. The number of hydrogen-bond donors (Lipinski definition) is 1. The summed E-state index contributed by atoms with van der Waals surface area (Å²) in [5, 5.41) is 13.5. The van der Waals surface area contributed by atoms with Crippen LogP contribution in [0.15, 0.2) is 119 Å². The summed E-state index contributed by atoms with van der Waals surface area (Å²) in [4.78, 5) is 12.6. The molecule has 200 valence electrons. The van der Waals surface area contributed by atoms with E-state index in [1.807, 2.05) is 121 Å². The summed E-state index contributed by atoms with van der Waals surface area (Å²) in [6, 6.07) is 34.5. The fourth-order valence-electron chi connectivity index (χ4n) is 3.85. The van der Waals surface area contributed by atoms with E-state index in [2.05, 4.69) is 20.7 Å². The van der Waals surface area contributed by atoms with Crippen molar-refractivity contribution < 1.29 is 14.3 Å². The smallest absolute Gasteiger partial charge is 0.250 e. The highest BCUT2D eigenvalue weighted by Gasteiger charge is 2.17. The van der Waals surface area contributed by atoms with Crippen molar-refractivity contribution in [1.82, 2.24) is 20.2 Å². The molecule has 0 radical (unpaired) electrons. The van der Waals surface area contributed by atoms with Gasteiger partial charge in [0.15, 0.2) is 11.0 Å². The van der Waals surface area contributed by atoms with Crippen molar-refractivity contribution in [2.45, 2.75) is 12.1 Å². The van der Waals surface area contributed by atoms with Crippen molar-refractivity contribution in [1.29, 1.82) is 0 Å². The maximum atomic E-state index is 12.6. The molecule has 40 heavy (non-hydrogen) atoms. The highest BCUT2D eigenvalue weighted by Crippen LogP contribution is 2.29. The Hall–Kier alpha value is -4.89. The number of nitrogens with zero attached hydrogens (tertiary/aromatic N) is 4. The predicted octanol–water partition coefficient (Wildman–Crippen LogP) is 6.37. The lowest BCUT2D eigenvalue weighted by Gasteiger charge is -2.11. The summed E-state index contributed by atoms with van der Waals surface area (Å²) in [5.41, 5.74) is 5.17. The third-order valence-corrected chi connectivity index (χ3v) is 6.57. The van der Waals surface area contributed by atoms with Crippen molar-refractivity contribution in [3.8, 4) is 34.3 Å². The molecule has 0 saturated carbocycles. The number of nitrogens with one attached hydrogen (secondary N) is 1. The number of hydrogen-bond acceptors (Lipinski definition) is 7. The van der Waals surface area contributed by atoms with Crippen molar-refractivity contribution >= 4 is 23.9 Å². The zero-order valence-corrected chi connectivity index (χ0v) is 22.6. The molecule has 0 spiro atoms. The molecule has 0 unspecified atom stereocenters. The Balaban J connectivity index is 1.25. The molecule has 0 atom stereocenters. The second-order valence-electron chi connectivity index (χ2n) is 8.50. The number of amides is 1. The topological polar surface area (TPSA) is 90.6 Å². The maximum absolute atomic E-state index is 12.6. The van der Waals surface area contributed by atoms with E-state index >= 15 is 0 Å². The van der Waals surface area contributed by atoms with Crippen LogP contribution in [-0.4, -0.2) is 39.2 Å². The lowest BCUT2D eigenvalue weighted by atomic mass is 10.2. The SMILES string of the molecule is CCOc1ccc(-n2c(SCC(=O)NN=Cc3cccc(Oc4ccccc4)c3)nnc2-c2ccccc2)cc1. The average molecular weight is 550 g/mol. The largest absolute Gasteiger partial charge is 0.494 e. The summed E-state index contributed by atoms with van der Waals surface area (Å²) >= 11 is 1.28. The molecule has 1 aromatic heterocycles. The summed E-state index contributed by atoms with van der Waals surface area (Å²) in [6.45, 7) is 2.54. The van der Waals surface area contributed by atoms with Gasteiger partial charge in [0, 0.05) is 11.3 Å². The van der Waals surface area contributed by atoms with Gasteiger partial charge in [0.1, 0.15) is 17.2 Å². The third kappa shape index (κ3) is 6.95. The van der Waals surface area contributed by atoms with Crippen molar-refractivity contribution in [3.63, 3.8) is 0 Å². The molecule has 1 N–H and O–H groups in total. The number of para-hydroxylation sites is 1. The fraction of sp³-hybridized carbons (Fsp3) is 0.0968. The highest BCUT2D eigenvalue weighted by atomic mass is 32.2. The Morgan fingerprint density at radius 1 is 0.875 bits per heavy atom. The van der Waals surface area contributed by atoms with E-state index < -0.39 is 0 Å². The zero-order valence-electron chi connectivity index (χ0n) is 21.8. The first-order chi connectivity index (χ1) is 19.7. The average Bonchev–Trinajstić information content (AvgIpc) is 3.42. The Morgan fingerprint density at radius 3 is 2.35 bits per heavy atom. The van der Waals surface area contributed by atoms with E-state index in [-0.39, 0.29) is 11.7 Å². The number of benzene rings is 4. The fourth-order valence-corrected chi connectivity index (χ4v) is 4.60. The van der Waals surface area contributed by atoms with Gasteiger partial charge in [-0.25, -0.2) is 5.43 Å². The summed E-state index contributed by atoms with van der Waals surface area (Å²) < 4.78 is 13.4. The second-order valence-corrected chi connectivity index (χ2v) is 9.45. The number of hydrazone groups is 1. The van der Waals surface area contributed by atoms with Crippen molar-refractivity contribution in [3.05, 3.63) is 115 Å². The van der Waals surface area contributed by atoms with E-state index in [0.29, 0.717) is 23.3 Å². The summed E-state index contributed by atoms with van der Waals surface area (Å²) in [7, 11) is 0. The Kier molecular flexibility index (Phi) is 8.85. The van der Waals surface area contributed by atoms with Gasteiger partial charge in [-0.3, -0.25) is 9.36 Å². The van der Waals surface area contributed by atoms with Gasteiger partial charge in [0.25, 0.3) is 5.91 Å². The lowest BCUT2D eigenvalue weighted by Crippen LogP contribution is -2.20. The van der Waals surface area contributed by atoms with Gasteiger partial charge in [0.05, 0.1) is 18.6 Å². The minimum absolute atomic E-state index is 0.110. The molecular weight excluding hydrogens is 522 g/mol. The monoisotopic (exact) mass is 549 g/mol. The summed E-state index contributed by atoms with van der Waals surface area (Å²) in [6.07, 6.45) is 1.58. The van der Waals surface area contributed by atoms with Crippen LogP contribution in [0, 0.1) is 0 Å².